The maximum atomic E-state index is 12.8. The van der Waals surface area contributed by atoms with Crippen LogP contribution < -0.4 is 4.18 Å². The van der Waals surface area contributed by atoms with E-state index in [1.165, 1.54) is 36.4 Å². The summed E-state index contributed by atoms with van der Waals surface area (Å²) in [6.45, 7) is 0. The number of benzene rings is 4. The number of rotatable bonds is 6. The van der Waals surface area contributed by atoms with Crippen LogP contribution in [0.15, 0.2) is 93.8 Å². The minimum absolute atomic E-state index is 0.0217. The van der Waals surface area contributed by atoms with Gasteiger partial charge in [-0.2, -0.15) is 47.9 Å². The zero-order valence-corrected chi connectivity index (χ0v) is 25.0. The fourth-order valence-electron chi connectivity index (χ4n) is 4.40. The number of fused-ring (bicyclic) bond motifs is 2. The van der Waals surface area contributed by atoms with Gasteiger partial charge in [0.05, 0.1) is 11.1 Å². The maximum absolute atomic E-state index is 12.8. The molecule has 0 atom stereocenters. The number of phenolic OH excluding ortho intramolecular Hbond substituents is 1. The number of hydrogen-bond acceptors (Lipinski definition) is 8. The number of hydrogen-bond donors (Lipinski definition) is 1. The van der Waals surface area contributed by atoms with Gasteiger partial charge in [-0.1, -0.05) is 48.5 Å². The average Bonchev–Trinajstić information content (AvgIpc) is 3.61. The van der Waals surface area contributed by atoms with Crippen molar-refractivity contribution in [2.45, 2.75) is 30.7 Å². The molecule has 0 aliphatic rings. The molecule has 6 rings (SSSR count). The number of nitrogens with zero attached hydrogens (tertiary/aromatic N) is 2. The van der Waals surface area contributed by atoms with Crippen LogP contribution in [0, 0.1) is 0 Å². The molecule has 49 heavy (non-hydrogen) atoms. The van der Waals surface area contributed by atoms with Crippen molar-refractivity contribution in [3.05, 3.63) is 119 Å². The molecule has 258 valence electrons. The summed E-state index contributed by atoms with van der Waals surface area (Å²) < 4.78 is 151. The van der Waals surface area contributed by atoms with Crippen molar-refractivity contribution >= 4 is 32.3 Å². The highest BCUT2D eigenvalue weighted by molar-refractivity contribution is 7.88. The second kappa shape index (κ2) is 13.0. The first-order valence-corrected chi connectivity index (χ1v) is 15.0. The lowest BCUT2D eigenvalue weighted by Gasteiger charge is -2.09. The van der Waals surface area contributed by atoms with Gasteiger partial charge in [-0.05, 0) is 47.5 Å². The van der Waals surface area contributed by atoms with E-state index in [-0.39, 0.29) is 47.0 Å². The van der Waals surface area contributed by atoms with Crippen molar-refractivity contribution in [3.8, 4) is 11.5 Å². The Kier molecular flexibility index (Phi) is 9.29. The molecule has 0 aliphatic carbocycles. The Hall–Kier alpha value is -5.26. The van der Waals surface area contributed by atoms with Crippen molar-refractivity contribution in [1.29, 1.82) is 0 Å². The van der Waals surface area contributed by atoms with E-state index in [4.69, 9.17) is 8.83 Å². The fraction of sp³-hybridized carbons (Fsp3) is 0.161. The molecule has 0 spiro atoms. The molecule has 8 nitrogen and oxygen atoms in total. The van der Waals surface area contributed by atoms with Crippen molar-refractivity contribution in [2.75, 3.05) is 0 Å². The highest BCUT2D eigenvalue weighted by atomic mass is 32.2. The van der Waals surface area contributed by atoms with Crippen LogP contribution in [-0.2, 0) is 35.3 Å². The lowest BCUT2D eigenvalue weighted by Crippen LogP contribution is -2.28. The molecule has 0 unspecified atom stereocenters. The molecule has 0 aliphatic heterocycles. The largest absolute Gasteiger partial charge is 0.534 e. The smallest absolute Gasteiger partial charge is 0.506 e. The van der Waals surface area contributed by atoms with E-state index in [1.807, 2.05) is 0 Å². The fourth-order valence-corrected chi connectivity index (χ4v) is 4.86. The second-order valence-electron chi connectivity index (χ2n) is 10.2. The van der Waals surface area contributed by atoms with Crippen molar-refractivity contribution < 1.29 is 66.1 Å². The first kappa shape index (κ1) is 35.1. The molecule has 18 heteroatoms. The topological polar surface area (TPSA) is 116 Å². The van der Waals surface area contributed by atoms with E-state index in [0.29, 0.717) is 16.7 Å². The third-order valence-electron chi connectivity index (χ3n) is 6.57. The van der Waals surface area contributed by atoms with Gasteiger partial charge in [0.1, 0.15) is 5.75 Å². The predicted molar refractivity (Wildman–Crippen MR) is 154 cm³/mol. The van der Waals surface area contributed by atoms with E-state index in [1.54, 1.807) is 18.2 Å². The molecule has 6 aromatic rings. The summed E-state index contributed by atoms with van der Waals surface area (Å²) in [5, 5.41) is 9.63. The molecular weight excluding hydrogens is 699 g/mol. The third kappa shape index (κ3) is 8.25. The lowest BCUT2D eigenvalue weighted by molar-refractivity contribution is -0.138. The van der Waals surface area contributed by atoms with Gasteiger partial charge in [0.15, 0.2) is 39.7 Å². The quantitative estimate of drug-likeness (QED) is 0.103. The molecule has 4 aromatic carbocycles. The summed E-state index contributed by atoms with van der Waals surface area (Å²) in [7, 11) is -5.92. The molecule has 2 aromatic heterocycles. The Balaban J connectivity index is 0.000000199. The lowest BCUT2D eigenvalue weighted by atomic mass is 10.1. The highest BCUT2D eigenvalue weighted by Crippen LogP contribution is 2.34. The standard InChI is InChI=1S/C16H9F6NO4S.C15H10F3NO2/c17-15(18,19)10-4-1-3-9(7-10)8-13-23-14-11(26-13)5-2-6-12(14)27-28(24,25)16(20,21)22;16-15(17,18)10-4-1-3-9(7-10)8-13-19-14-11(20)5-2-6-12(14)21-13/h1-7H,8H2;1-7,20H,8H2. The van der Waals surface area contributed by atoms with E-state index < -0.39 is 44.9 Å². The Bertz CT molecular complexity index is 2220. The molecule has 0 amide bonds. The number of alkyl halides is 9. The Morgan fingerprint density at radius 2 is 1.08 bits per heavy atom. The number of oxazole rings is 2. The summed E-state index contributed by atoms with van der Waals surface area (Å²) in [4.78, 5) is 7.96. The van der Waals surface area contributed by atoms with Crippen LogP contribution in [0.4, 0.5) is 39.5 Å². The van der Waals surface area contributed by atoms with Gasteiger partial charge in [0, 0.05) is 12.8 Å². The van der Waals surface area contributed by atoms with Gasteiger partial charge in [-0.25, -0.2) is 9.97 Å². The summed E-state index contributed by atoms with van der Waals surface area (Å²) in [5.74, 6) is -0.610. The van der Waals surface area contributed by atoms with Crippen molar-refractivity contribution in [2.24, 2.45) is 0 Å². The minimum atomic E-state index is -5.92. The highest BCUT2D eigenvalue weighted by Gasteiger charge is 2.49. The van der Waals surface area contributed by atoms with E-state index in [2.05, 4.69) is 14.2 Å². The van der Waals surface area contributed by atoms with E-state index >= 15 is 0 Å². The van der Waals surface area contributed by atoms with Crippen LogP contribution in [0.2, 0.25) is 0 Å². The van der Waals surface area contributed by atoms with E-state index in [9.17, 15) is 53.0 Å². The molecule has 0 radical (unpaired) electrons. The molecule has 0 saturated heterocycles. The second-order valence-corrected chi connectivity index (χ2v) is 11.7. The maximum Gasteiger partial charge on any atom is 0.534 e. The van der Waals surface area contributed by atoms with Gasteiger partial charge in [-0.3, -0.25) is 0 Å². The van der Waals surface area contributed by atoms with Gasteiger partial charge in [0.25, 0.3) is 0 Å². The molecule has 2 heterocycles. The van der Waals surface area contributed by atoms with Crippen LogP contribution in [0.25, 0.3) is 22.2 Å². The van der Waals surface area contributed by atoms with Crippen molar-refractivity contribution in [3.63, 3.8) is 0 Å². The van der Waals surface area contributed by atoms with Crippen LogP contribution in [0.1, 0.15) is 34.0 Å². The summed E-state index contributed by atoms with van der Waals surface area (Å²) >= 11 is 0. The Labute approximate surface area is 269 Å². The first-order valence-electron chi connectivity index (χ1n) is 13.6. The van der Waals surface area contributed by atoms with Gasteiger partial charge >= 0.3 is 28.0 Å². The van der Waals surface area contributed by atoms with Crippen LogP contribution in [0.5, 0.6) is 11.5 Å². The van der Waals surface area contributed by atoms with Crippen LogP contribution in [0.3, 0.4) is 0 Å². The molecular formula is C31H19F9N2O6S. The Morgan fingerprint density at radius 1 is 0.633 bits per heavy atom. The van der Waals surface area contributed by atoms with Crippen LogP contribution >= 0.6 is 0 Å². The van der Waals surface area contributed by atoms with Gasteiger partial charge in [0.2, 0.25) is 0 Å². The monoisotopic (exact) mass is 718 g/mol. The number of aromatic nitrogens is 2. The number of phenols is 1. The molecule has 0 saturated carbocycles. The summed E-state index contributed by atoms with van der Waals surface area (Å²) in [5.41, 5.74) is -6.30. The molecule has 0 bridgehead atoms. The Morgan fingerprint density at radius 3 is 1.55 bits per heavy atom. The number of aromatic hydroxyl groups is 1. The van der Waals surface area contributed by atoms with Gasteiger partial charge in [-0.15, -0.1) is 0 Å². The summed E-state index contributed by atoms with van der Waals surface area (Å²) in [6.07, 6.45) is -9.01. The van der Waals surface area contributed by atoms with Crippen molar-refractivity contribution in [1.82, 2.24) is 9.97 Å². The molecule has 1 N–H and O–H groups in total. The number of para-hydroxylation sites is 2. The van der Waals surface area contributed by atoms with Crippen LogP contribution in [-0.4, -0.2) is 29.0 Å². The predicted octanol–water partition coefficient (Wildman–Crippen LogP) is 8.81. The van der Waals surface area contributed by atoms with E-state index in [0.717, 1.165) is 30.3 Å². The third-order valence-corrected chi connectivity index (χ3v) is 7.54. The zero-order chi connectivity index (χ0) is 35.8. The summed E-state index contributed by atoms with van der Waals surface area (Å²) in [6, 6.07) is 17.5. The SMILES string of the molecule is O=S(=O)(Oc1cccc2oc(Cc3cccc(C(F)(F)F)c3)nc12)C(F)(F)F.Oc1cccc2oc(Cc3cccc(C(F)(F)F)c3)nc12. The average molecular weight is 719 g/mol. The number of halogens is 9. The molecule has 0 fully saturated rings. The zero-order valence-electron chi connectivity index (χ0n) is 24.2. The normalized spacial score (nSPS) is 12.6. The van der Waals surface area contributed by atoms with Gasteiger partial charge < -0.3 is 18.1 Å². The first-order chi connectivity index (χ1) is 22.8. The minimum Gasteiger partial charge on any atom is -0.506 e.